The van der Waals surface area contributed by atoms with Crippen LogP contribution in [0.2, 0.25) is 0 Å². The van der Waals surface area contributed by atoms with Crippen molar-refractivity contribution in [3.8, 4) is 56.4 Å². The number of furan rings is 2. The summed E-state index contributed by atoms with van der Waals surface area (Å²) in [6.07, 6.45) is 0. The first-order valence-electron chi connectivity index (χ1n) is 23.4. The lowest BCUT2D eigenvalue weighted by molar-refractivity contribution is 0.668. The van der Waals surface area contributed by atoms with Gasteiger partial charge in [0, 0.05) is 38.2 Å². The monoisotopic (exact) mass is 797 g/mol. The van der Waals surface area contributed by atoms with Gasteiger partial charge in [-0.05, 0) is 90.9 Å². The molecule has 3 aromatic heterocycles. The SMILES string of the molecule is [2H]c1c([2H])c(-c2ccc3c4ccccc4c4ccccc4c3c2)c2c(oc3c([2H])c(-c4nc(-c5ccccc5-c5ccccc5)nc(-c5cccc6oc7ccccc7c56)n4)c([2H])c([2H])c32)c1[2H]. The normalized spacial score (nSPS) is 13.2. The van der Waals surface area contributed by atoms with Gasteiger partial charge in [0.15, 0.2) is 17.5 Å². The molecule has 0 aliphatic heterocycles. The van der Waals surface area contributed by atoms with Crippen LogP contribution in [0.25, 0.3) is 133 Å². The number of benzene rings is 10. The standard InChI is InChI=1S/C57H33N3O2/c1-2-14-34(15-3-1)37-16-4-9-21-44(37)56-58-55(59-57(60-56)47-24-13-27-51-54(47)45-22-10-11-25-49(45)61-51)36-29-31-46-52(33-36)62-50-26-12-23-38(53(46)50)35-28-30-43-41-19-6-5-17-39(41)40-18-7-8-20-42(40)48(43)32-35/h1-33H/i12D,23D,26D,29D,31D,33D. The molecule has 0 saturated carbocycles. The van der Waals surface area contributed by atoms with E-state index in [1.165, 1.54) is 0 Å². The van der Waals surface area contributed by atoms with Gasteiger partial charge >= 0.3 is 0 Å². The highest BCUT2D eigenvalue weighted by atomic mass is 16.3. The van der Waals surface area contributed by atoms with Gasteiger partial charge in [0.25, 0.3) is 0 Å². The Hall–Kier alpha value is -8.41. The van der Waals surface area contributed by atoms with Crippen LogP contribution in [0.15, 0.2) is 209 Å². The molecule has 3 heterocycles. The fourth-order valence-corrected chi connectivity index (χ4v) is 9.08. The Morgan fingerprint density at radius 1 is 0.323 bits per heavy atom. The van der Waals surface area contributed by atoms with E-state index in [-0.39, 0.29) is 86.8 Å². The van der Waals surface area contributed by atoms with Gasteiger partial charge in [-0.25, -0.2) is 15.0 Å². The molecule has 0 saturated heterocycles. The summed E-state index contributed by atoms with van der Waals surface area (Å²) in [5, 5.41) is 8.19. The zero-order valence-corrected chi connectivity index (χ0v) is 32.7. The summed E-state index contributed by atoms with van der Waals surface area (Å²) in [6.45, 7) is 0. The highest BCUT2D eigenvalue weighted by Crippen LogP contribution is 2.43. The molecule has 0 bridgehead atoms. The van der Waals surface area contributed by atoms with Crippen LogP contribution in [0.4, 0.5) is 0 Å². The van der Waals surface area contributed by atoms with Crippen LogP contribution in [-0.2, 0) is 0 Å². The van der Waals surface area contributed by atoms with E-state index in [1.54, 1.807) is 0 Å². The first kappa shape index (κ1) is 28.9. The molecule has 13 aromatic rings. The van der Waals surface area contributed by atoms with Crippen molar-refractivity contribution in [1.82, 2.24) is 15.0 Å². The molecule has 10 aromatic carbocycles. The molecule has 5 nitrogen and oxygen atoms in total. The van der Waals surface area contributed by atoms with Gasteiger partial charge in [-0.2, -0.15) is 0 Å². The molecule has 288 valence electrons. The summed E-state index contributed by atoms with van der Waals surface area (Å²) in [4.78, 5) is 15.2. The smallest absolute Gasteiger partial charge is 0.164 e. The molecule has 0 N–H and O–H groups in total. The predicted octanol–water partition coefficient (Wildman–Crippen LogP) is 15.5. The quantitative estimate of drug-likeness (QED) is 0.162. The number of hydrogen-bond donors (Lipinski definition) is 0. The van der Waals surface area contributed by atoms with E-state index in [4.69, 9.17) is 26.5 Å². The van der Waals surface area contributed by atoms with Gasteiger partial charge in [-0.3, -0.25) is 0 Å². The van der Waals surface area contributed by atoms with Crippen molar-refractivity contribution in [3.05, 3.63) is 200 Å². The average Bonchev–Trinajstić information content (AvgIpc) is 3.98. The molecule has 13 rings (SSSR count). The number of hydrogen-bond acceptors (Lipinski definition) is 5. The third-order valence-electron chi connectivity index (χ3n) is 11.9. The average molecular weight is 798 g/mol. The van der Waals surface area contributed by atoms with E-state index in [0.29, 0.717) is 27.9 Å². The van der Waals surface area contributed by atoms with Gasteiger partial charge in [-0.1, -0.05) is 164 Å². The van der Waals surface area contributed by atoms with Gasteiger partial charge in [0.05, 0.1) is 8.22 Å². The van der Waals surface area contributed by atoms with Crippen LogP contribution in [0.5, 0.6) is 0 Å². The largest absolute Gasteiger partial charge is 0.456 e. The van der Waals surface area contributed by atoms with E-state index in [9.17, 15) is 5.48 Å². The second-order valence-electron chi connectivity index (χ2n) is 15.4. The van der Waals surface area contributed by atoms with Crippen molar-refractivity contribution in [3.63, 3.8) is 0 Å². The van der Waals surface area contributed by atoms with E-state index < -0.39 is 0 Å². The summed E-state index contributed by atoms with van der Waals surface area (Å²) in [5.74, 6) is 0.533. The van der Waals surface area contributed by atoms with Gasteiger partial charge in [0.1, 0.15) is 22.3 Å². The zero-order valence-electron chi connectivity index (χ0n) is 38.7. The Bertz CT molecular complexity index is 4260. The Morgan fingerprint density at radius 3 is 1.69 bits per heavy atom. The van der Waals surface area contributed by atoms with Crippen molar-refractivity contribution >= 4 is 76.2 Å². The van der Waals surface area contributed by atoms with Crippen molar-refractivity contribution in [1.29, 1.82) is 0 Å². The molecule has 62 heavy (non-hydrogen) atoms. The number of fused-ring (bicyclic) bond motifs is 12. The molecule has 0 radical (unpaired) electrons. The Kier molecular flexibility index (Phi) is 6.33. The molecule has 0 aliphatic rings. The number of aromatic nitrogens is 3. The van der Waals surface area contributed by atoms with Crippen LogP contribution in [0.3, 0.4) is 0 Å². The summed E-state index contributed by atoms with van der Waals surface area (Å²) in [5.41, 5.74) is 5.12. The molecular weight excluding hydrogens is 759 g/mol. The number of para-hydroxylation sites is 1. The summed E-state index contributed by atoms with van der Waals surface area (Å²) in [6, 6.07) is 51.5. The fourth-order valence-electron chi connectivity index (χ4n) is 9.08. The maximum Gasteiger partial charge on any atom is 0.164 e. The molecule has 0 amide bonds. The topological polar surface area (TPSA) is 65.0 Å². The maximum absolute atomic E-state index is 9.85. The van der Waals surface area contributed by atoms with E-state index in [1.807, 2.05) is 140 Å². The van der Waals surface area contributed by atoms with E-state index in [2.05, 4.69) is 24.3 Å². The minimum Gasteiger partial charge on any atom is -0.456 e. The number of rotatable bonds is 5. The predicted molar refractivity (Wildman–Crippen MR) is 254 cm³/mol. The van der Waals surface area contributed by atoms with Gasteiger partial charge < -0.3 is 8.83 Å². The lowest BCUT2D eigenvalue weighted by Crippen LogP contribution is -2.01. The van der Waals surface area contributed by atoms with E-state index in [0.717, 1.165) is 54.2 Å². The molecule has 0 aliphatic carbocycles. The van der Waals surface area contributed by atoms with Crippen LogP contribution in [0.1, 0.15) is 8.22 Å². The zero-order chi connectivity index (χ0) is 45.9. The molecular formula is C57H33N3O2. The second kappa shape index (κ2) is 13.6. The molecule has 0 fully saturated rings. The Balaban J connectivity index is 1.09. The summed E-state index contributed by atoms with van der Waals surface area (Å²) >= 11 is 0. The molecule has 0 spiro atoms. The van der Waals surface area contributed by atoms with Crippen LogP contribution < -0.4 is 0 Å². The van der Waals surface area contributed by atoms with Gasteiger partial charge in [-0.15, -0.1) is 0 Å². The van der Waals surface area contributed by atoms with Gasteiger partial charge in [0.2, 0.25) is 0 Å². The third kappa shape index (κ3) is 5.32. The minimum absolute atomic E-state index is 0.0224. The lowest BCUT2D eigenvalue weighted by atomic mass is 9.91. The molecule has 5 heteroatoms. The Morgan fingerprint density at radius 2 is 0.903 bits per heavy atom. The van der Waals surface area contributed by atoms with Crippen molar-refractivity contribution in [2.24, 2.45) is 0 Å². The van der Waals surface area contributed by atoms with Crippen LogP contribution in [-0.4, -0.2) is 15.0 Å². The fraction of sp³-hybridized carbons (Fsp3) is 0. The Labute approximate surface area is 363 Å². The highest BCUT2D eigenvalue weighted by molar-refractivity contribution is 6.26. The summed E-state index contributed by atoms with van der Waals surface area (Å²) < 4.78 is 69.5. The van der Waals surface area contributed by atoms with E-state index >= 15 is 0 Å². The molecule has 0 unspecified atom stereocenters. The lowest BCUT2D eigenvalue weighted by Gasteiger charge is -2.12. The summed E-state index contributed by atoms with van der Waals surface area (Å²) in [7, 11) is 0. The van der Waals surface area contributed by atoms with Crippen molar-refractivity contribution in [2.75, 3.05) is 0 Å². The molecule has 0 atom stereocenters. The minimum atomic E-state index is -0.357. The van der Waals surface area contributed by atoms with Crippen LogP contribution >= 0.6 is 0 Å². The highest BCUT2D eigenvalue weighted by Gasteiger charge is 2.21. The number of nitrogens with zero attached hydrogens (tertiary/aromatic N) is 3. The second-order valence-corrected chi connectivity index (χ2v) is 15.4. The first-order valence-corrected chi connectivity index (χ1v) is 20.4. The third-order valence-corrected chi connectivity index (χ3v) is 11.9. The first-order chi connectivity index (χ1) is 33.2. The maximum atomic E-state index is 9.85. The van der Waals surface area contributed by atoms with Crippen molar-refractivity contribution < 1.29 is 17.1 Å². The van der Waals surface area contributed by atoms with Crippen LogP contribution in [0, 0.1) is 0 Å². The van der Waals surface area contributed by atoms with Crippen molar-refractivity contribution in [2.45, 2.75) is 0 Å².